The molecule has 1 heteroatoms. The van der Waals surface area contributed by atoms with E-state index in [1.165, 1.54) is 38.5 Å². The van der Waals surface area contributed by atoms with E-state index in [4.69, 9.17) is 0 Å². The summed E-state index contributed by atoms with van der Waals surface area (Å²) in [5, 5.41) is 2.61. The third-order valence-electron chi connectivity index (χ3n) is 5.31. The van der Waals surface area contributed by atoms with Crippen molar-refractivity contribution < 1.29 is 0 Å². The molecule has 0 saturated heterocycles. The van der Waals surface area contributed by atoms with E-state index in [2.05, 4.69) is 96.1 Å². The Labute approximate surface area is 153 Å². The molecule has 126 valence electrons. The first-order valence-corrected chi connectivity index (χ1v) is 9.33. The van der Waals surface area contributed by atoms with Gasteiger partial charge in [-0.3, -0.25) is 0 Å². The zero-order chi connectivity index (χ0) is 17.3. The van der Waals surface area contributed by atoms with Gasteiger partial charge in [0.2, 0.25) is 0 Å². The van der Waals surface area contributed by atoms with Gasteiger partial charge >= 0.3 is 0 Å². The average Bonchev–Trinajstić information content (AvgIpc) is 2.86. The zero-order valence-electron chi connectivity index (χ0n) is 14.7. The van der Waals surface area contributed by atoms with E-state index in [-0.39, 0.29) is 0 Å². The van der Waals surface area contributed by atoms with Crippen LogP contribution < -0.4 is 0 Å². The number of benzene rings is 2. The molecular formula is C25H21N. The number of nitrogens with one attached hydrogen (secondary N) is 1. The smallest absolute Gasteiger partial charge is 0.0465 e. The van der Waals surface area contributed by atoms with Gasteiger partial charge in [-0.2, -0.15) is 0 Å². The minimum Gasteiger partial charge on any atom is -0.355 e. The van der Waals surface area contributed by atoms with Crippen molar-refractivity contribution in [3.63, 3.8) is 0 Å². The summed E-state index contributed by atoms with van der Waals surface area (Å²) in [6, 6.07) is 13.6. The molecule has 0 atom stereocenters. The molecule has 5 rings (SSSR count). The Morgan fingerprint density at radius 2 is 1.54 bits per heavy atom. The summed E-state index contributed by atoms with van der Waals surface area (Å²) in [6.07, 6.45) is 22.1. The molecule has 0 radical (unpaired) electrons. The van der Waals surface area contributed by atoms with Gasteiger partial charge in [0, 0.05) is 27.7 Å². The molecule has 2 aliphatic rings. The van der Waals surface area contributed by atoms with Crippen molar-refractivity contribution in [3.05, 3.63) is 102 Å². The van der Waals surface area contributed by atoms with E-state index >= 15 is 0 Å². The van der Waals surface area contributed by atoms with Gasteiger partial charge in [0.1, 0.15) is 0 Å². The van der Waals surface area contributed by atoms with E-state index < -0.39 is 0 Å². The van der Waals surface area contributed by atoms with Gasteiger partial charge in [-0.15, -0.1) is 0 Å². The fourth-order valence-electron chi connectivity index (χ4n) is 3.91. The van der Waals surface area contributed by atoms with E-state index in [0.29, 0.717) is 5.92 Å². The number of H-pyrrole nitrogens is 1. The summed E-state index contributed by atoms with van der Waals surface area (Å²) < 4.78 is 0. The van der Waals surface area contributed by atoms with Gasteiger partial charge in [0.05, 0.1) is 0 Å². The monoisotopic (exact) mass is 335 g/mol. The molecule has 1 N–H and O–H groups in total. The van der Waals surface area contributed by atoms with Crippen molar-refractivity contribution >= 4 is 27.4 Å². The molecule has 0 spiro atoms. The molecule has 1 heterocycles. The first-order chi connectivity index (χ1) is 12.9. The Bertz CT molecular complexity index is 1120. The predicted octanol–water partition coefficient (Wildman–Crippen LogP) is 6.82. The lowest BCUT2D eigenvalue weighted by Gasteiger charge is -2.09. The third-order valence-corrected chi connectivity index (χ3v) is 5.31. The number of hydrogen-bond donors (Lipinski definition) is 1. The second kappa shape index (κ2) is 6.34. The van der Waals surface area contributed by atoms with Gasteiger partial charge in [0.15, 0.2) is 0 Å². The standard InChI is InChI=1S/C25H21N/c1-2-5-9-18(8-4-1)20-12-14-24-22(16-20)23-17-21(13-15-25(23)26-24)19-10-6-3-7-11-19/h1-2,4-6,8-18,26H,3,7H2. The maximum absolute atomic E-state index is 3.56. The molecule has 2 aliphatic carbocycles. The van der Waals surface area contributed by atoms with Crippen LogP contribution in [0.1, 0.15) is 29.9 Å². The number of aromatic nitrogens is 1. The number of aromatic amines is 1. The molecule has 0 saturated carbocycles. The maximum atomic E-state index is 3.56. The summed E-state index contributed by atoms with van der Waals surface area (Å²) in [6.45, 7) is 0. The molecule has 0 bridgehead atoms. The quantitative estimate of drug-likeness (QED) is 0.529. The Morgan fingerprint density at radius 1 is 0.769 bits per heavy atom. The number of fused-ring (bicyclic) bond motifs is 3. The van der Waals surface area contributed by atoms with Gasteiger partial charge < -0.3 is 4.98 Å². The summed E-state index contributed by atoms with van der Waals surface area (Å²) in [4.78, 5) is 3.56. The first kappa shape index (κ1) is 15.2. The van der Waals surface area contributed by atoms with Crippen LogP contribution in [0.15, 0.2) is 91.1 Å². The van der Waals surface area contributed by atoms with Crippen molar-refractivity contribution in [1.82, 2.24) is 4.98 Å². The minimum absolute atomic E-state index is 0.325. The van der Waals surface area contributed by atoms with E-state index in [1.807, 2.05) is 0 Å². The molecule has 0 aliphatic heterocycles. The fourth-order valence-corrected chi connectivity index (χ4v) is 3.91. The van der Waals surface area contributed by atoms with Crippen LogP contribution in [0.2, 0.25) is 0 Å². The molecule has 1 aromatic heterocycles. The van der Waals surface area contributed by atoms with Crippen LogP contribution >= 0.6 is 0 Å². The lowest BCUT2D eigenvalue weighted by molar-refractivity contribution is 1.04. The summed E-state index contributed by atoms with van der Waals surface area (Å²) in [5.41, 5.74) is 6.38. The van der Waals surface area contributed by atoms with Gasteiger partial charge in [-0.1, -0.05) is 66.8 Å². The molecule has 26 heavy (non-hydrogen) atoms. The van der Waals surface area contributed by atoms with Gasteiger partial charge in [-0.25, -0.2) is 0 Å². The largest absolute Gasteiger partial charge is 0.355 e. The summed E-state index contributed by atoms with van der Waals surface area (Å²) in [5.74, 6) is 0.325. The van der Waals surface area contributed by atoms with Gasteiger partial charge in [-0.05, 0) is 53.8 Å². The zero-order valence-corrected chi connectivity index (χ0v) is 14.7. The van der Waals surface area contributed by atoms with Crippen LogP contribution in [-0.2, 0) is 0 Å². The van der Waals surface area contributed by atoms with Crippen LogP contribution in [0, 0.1) is 0 Å². The highest BCUT2D eigenvalue weighted by Crippen LogP contribution is 2.32. The number of hydrogen-bond acceptors (Lipinski definition) is 0. The van der Waals surface area contributed by atoms with Crippen molar-refractivity contribution in [2.24, 2.45) is 0 Å². The SMILES string of the molecule is C1=CC=CC(c2ccc3[nH]c4ccc(C5=CCCC=C5)cc4c3c2)C=C1. The van der Waals surface area contributed by atoms with Crippen LogP contribution in [0.3, 0.4) is 0 Å². The summed E-state index contributed by atoms with van der Waals surface area (Å²) >= 11 is 0. The Kier molecular flexibility index (Phi) is 3.71. The highest BCUT2D eigenvalue weighted by Gasteiger charge is 2.11. The fraction of sp³-hybridized carbons (Fsp3) is 0.120. The maximum Gasteiger partial charge on any atom is 0.0465 e. The van der Waals surface area contributed by atoms with Crippen LogP contribution in [0.5, 0.6) is 0 Å². The highest BCUT2D eigenvalue weighted by molar-refractivity contribution is 6.08. The molecule has 0 unspecified atom stereocenters. The molecular weight excluding hydrogens is 314 g/mol. The lowest BCUT2D eigenvalue weighted by Crippen LogP contribution is -1.90. The van der Waals surface area contributed by atoms with Gasteiger partial charge in [0.25, 0.3) is 0 Å². The molecule has 1 nitrogen and oxygen atoms in total. The lowest BCUT2D eigenvalue weighted by atomic mass is 9.95. The predicted molar refractivity (Wildman–Crippen MR) is 112 cm³/mol. The second-order valence-corrected chi connectivity index (χ2v) is 7.01. The van der Waals surface area contributed by atoms with Crippen molar-refractivity contribution in [2.75, 3.05) is 0 Å². The van der Waals surface area contributed by atoms with E-state index in [9.17, 15) is 0 Å². The molecule has 3 aromatic rings. The number of rotatable bonds is 2. The minimum atomic E-state index is 0.325. The Morgan fingerprint density at radius 3 is 2.31 bits per heavy atom. The molecule has 0 amide bonds. The highest BCUT2D eigenvalue weighted by atomic mass is 14.7. The Hall–Kier alpha value is -3.06. The first-order valence-electron chi connectivity index (χ1n) is 9.33. The average molecular weight is 335 g/mol. The topological polar surface area (TPSA) is 15.8 Å². The van der Waals surface area contributed by atoms with Crippen LogP contribution in [-0.4, -0.2) is 4.98 Å². The molecule has 2 aromatic carbocycles. The van der Waals surface area contributed by atoms with Crippen LogP contribution in [0.4, 0.5) is 0 Å². The van der Waals surface area contributed by atoms with E-state index in [0.717, 1.165) is 12.8 Å². The molecule has 0 fully saturated rings. The van der Waals surface area contributed by atoms with Crippen LogP contribution in [0.25, 0.3) is 27.4 Å². The third kappa shape index (κ3) is 2.66. The Balaban J connectivity index is 1.65. The normalized spacial score (nSPS) is 17.2. The second-order valence-electron chi connectivity index (χ2n) is 7.01. The van der Waals surface area contributed by atoms with Crippen molar-refractivity contribution in [2.45, 2.75) is 18.8 Å². The van der Waals surface area contributed by atoms with Crippen molar-refractivity contribution in [3.8, 4) is 0 Å². The number of allylic oxidation sites excluding steroid dienone is 10. The van der Waals surface area contributed by atoms with Crippen molar-refractivity contribution in [1.29, 1.82) is 0 Å². The van der Waals surface area contributed by atoms with E-state index in [1.54, 1.807) is 0 Å². The summed E-state index contributed by atoms with van der Waals surface area (Å²) in [7, 11) is 0.